The summed E-state index contributed by atoms with van der Waals surface area (Å²) in [6.07, 6.45) is 0. The Morgan fingerprint density at radius 1 is 0.880 bits per heavy atom. The number of halogens is 1. The quantitative estimate of drug-likeness (QED) is 0.570. The van der Waals surface area contributed by atoms with E-state index in [4.69, 9.17) is 0 Å². The van der Waals surface area contributed by atoms with Gasteiger partial charge in [-0.05, 0) is 45.5 Å². The molecule has 25 heavy (non-hydrogen) atoms. The van der Waals surface area contributed by atoms with E-state index in [1.54, 1.807) is 6.07 Å². The summed E-state index contributed by atoms with van der Waals surface area (Å²) >= 11 is 3.38. The lowest BCUT2D eigenvalue weighted by Gasteiger charge is -2.25. The number of hydrogen-bond donors (Lipinski definition) is 1. The molecule has 4 rings (SSSR count). The molecule has 1 N–H and O–H groups in total. The molecule has 3 heteroatoms. The van der Waals surface area contributed by atoms with Crippen molar-refractivity contribution in [3.05, 3.63) is 81.8 Å². The van der Waals surface area contributed by atoms with Gasteiger partial charge < -0.3 is 5.11 Å². The third-order valence-electron chi connectivity index (χ3n) is 5.08. The SMILES string of the molecule is CC1(C)c2ccccc2-c2cccc(-c3ccc(Br)cc3C(=O)O)c21. The predicted octanol–water partition coefficient (Wildman–Crippen LogP) is 6.12. The van der Waals surface area contributed by atoms with Crippen molar-refractivity contribution in [3.8, 4) is 22.3 Å². The second-order valence-electron chi connectivity index (χ2n) is 6.89. The molecule has 0 aromatic heterocycles. The second kappa shape index (κ2) is 5.57. The lowest BCUT2D eigenvalue weighted by atomic mass is 9.78. The van der Waals surface area contributed by atoms with Crippen LogP contribution in [0, 0.1) is 0 Å². The number of carboxylic acids is 1. The highest BCUT2D eigenvalue weighted by Crippen LogP contribution is 2.52. The maximum absolute atomic E-state index is 11.8. The first kappa shape index (κ1) is 16.1. The zero-order valence-electron chi connectivity index (χ0n) is 14.0. The molecule has 124 valence electrons. The highest BCUT2D eigenvalue weighted by Gasteiger charge is 2.37. The van der Waals surface area contributed by atoms with Gasteiger partial charge in [0.15, 0.2) is 0 Å². The Labute approximate surface area is 155 Å². The molecule has 1 aliphatic carbocycles. The van der Waals surface area contributed by atoms with Gasteiger partial charge in [0.05, 0.1) is 5.56 Å². The lowest BCUT2D eigenvalue weighted by molar-refractivity contribution is 0.0697. The van der Waals surface area contributed by atoms with Crippen molar-refractivity contribution in [2.24, 2.45) is 0 Å². The zero-order valence-corrected chi connectivity index (χ0v) is 15.6. The average Bonchev–Trinajstić information content (AvgIpc) is 2.83. The number of carboxylic acid groups (broad SMARTS) is 1. The summed E-state index contributed by atoms with van der Waals surface area (Å²) in [4.78, 5) is 11.8. The third-order valence-corrected chi connectivity index (χ3v) is 5.58. The first-order valence-corrected chi connectivity index (χ1v) is 8.97. The van der Waals surface area contributed by atoms with E-state index in [0.717, 1.165) is 15.6 Å². The normalized spacial score (nSPS) is 14.0. The Morgan fingerprint density at radius 2 is 1.52 bits per heavy atom. The second-order valence-corrected chi connectivity index (χ2v) is 7.81. The van der Waals surface area contributed by atoms with E-state index in [-0.39, 0.29) is 5.41 Å². The van der Waals surface area contributed by atoms with Crippen LogP contribution in [0.5, 0.6) is 0 Å². The smallest absolute Gasteiger partial charge is 0.336 e. The van der Waals surface area contributed by atoms with Gasteiger partial charge in [-0.3, -0.25) is 0 Å². The monoisotopic (exact) mass is 392 g/mol. The van der Waals surface area contributed by atoms with E-state index >= 15 is 0 Å². The minimum atomic E-state index is -0.915. The molecule has 0 heterocycles. The van der Waals surface area contributed by atoms with E-state index in [0.29, 0.717) is 5.56 Å². The summed E-state index contributed by atoms with van der Waals surface area (Å²) in [7, 11) is 0. The zero-order chi connectivity index (χ0) is 17.8. The first-order valence-electron chi connectivity index (χ1n) is 8.18. The van der Waals surface area contributed by atoms with Gasteiger partial charge in [0.2, 0.25) is 0 Å². The molecular formula is C22H17BrO2. The maximum atomic E-state index is 11.8. The van der Waals surface area contributed by atoms with E-state index in [1.165, 1.54) is 22.3 Å². The Morgan fingerprint density at radius 3 is 2.24 bits per heavy atom. The van der Waals surface area contributed by atoms with Crippen LogP contribution in [0.15, 0.2) is 65.1 Å². The van der Waals surface area contributed by atoms with Gasteiger partial charge in [-0.2, -0.15) is 0 Å². The lowest BCUT2D eigenvalue weighted by Crippen LogP contribution is -2.16. The van der Waals surface area contributed by atoms with Gasteiger partial charge >= 0.3 is 5.97 Å². The molecule has 1 aliphatic rings. The molecule has 2 nitrogen and oxygen atoms in total. The Balaban J connectivity index is 2.05. The molecule has 0 radical (unpaired) electrons. The number of fused-ring (bicyclic) bond motifs is 3. The van der Waals surface area contributed by atoms with E-state index in [1.807, 2.05) is 24.3 Å². The van der Waals surface area contributed by atoms with Crippen molar-refractivity contribution in [3.63, 3.8) is 0 Å². The molecule has 0 aliphatic heterocycles. The molecule has 0 bridgehead atoms. The van der Waals surface area contributed by atoms with Crippen molar-refractivity contribution in [2.45, 2.75) is 19.3 Å². The van der Waals surface area contributed by atoms with Crippen molar-refractivity contribution in [2.75, 3.05) is 0 Å². The predicted molar refractivity (Wildman–Crippen MR) is 104 cm³/mol. The molecule has 0 unspecified atom stereocenters. The number of benzene rings is 3. The van der Waals surface area contributed by atoms with Crippen LogP contribution < -0.4 is 0 Å². The van der Waals surface area contributed by atoms with Crippen molar-refractivity contribution < 1.29 is 9.90 Å². The molecule has 0 atom stereocenters. The summed E-state index contributed by atoms with van der Waals surface area (Å²) in [6, 6.07) is 20.1. The van der Waals surface area contributed by atoms with Crippen LogP contribution in [-0.4, -0.2) is 11.1 Å². The van der Waals surface area contributed by atoms with E-state index in [9.17, 15) is 9.90 Å². The van der Waals surface area contributed by atoms with Crippen molar-refractivity contribution in [1.82, 2.24) is 0 Å². The molecule has 0 saturated heterocycles. The highest BCUT2D eigenvalue weighted by molar-refractivity contribution is 9.10. The van der Waals surface area contributed by atoms with Gasteiger partial charge in [-0.15, -0.1) is 0 Å². The van der Waals surface area contributed by atoms with Crippen LogP contribution in [0.4, 0.5) is 0 Å². The minimum Gasteiger partial charge on any atom is -0.478 e. The molecule has 0 amide bonds. The van der Waals surface area contributed by atoms with Crippen molar-refractivity contribution in [1.29, 1.82) is 0 Å². The summed E-state index contributed by atoms with van der Waals surface area (Å²) in [5, 5.41) is 9.68. The summed E-state index contributed by atoms with van der Waals surface area (Å²) < 4.78 is 0.767. The molecule has 3 aromatic rings. The number of carbonyl (C=O) groups is 1. The molecule has 0 spiro atoms. The third kappa shape index (κ3) is 2.34. The van der Waals surface area contributed by atoms with Crippen LogP contribution in [0.25, 0.3) is 22.3 Å². The van der Waals surface area contributed by atoms with Crippen LogP contribution in [-0.2, 0) is 5.41 Å². The minimum absolute atomic E-state index is 0.175. The Bertz CT molecular complexity index is 1020. The Kier molecular flexibility index (Phi) is 3.58. The molecule has 0 saturated carbocycles. The fraction of sp³-hybridized carbons (Fsp3) is 0.136. The molecule has 0 fully saturated rings. The highest BCUT2D eigenvalue weighted by atomic mass is 79.9. The van der Waals surface area contributed by atoms with Gasteiger partial charge in [-0.25, -0.2) is 4.79 Å². The average molecular weight is 393 g/mol. The number of rotatable bonds is 2. The van der Waals surface area contributed by atoms with Crippen LogP contribution >= 0.6 is 15.9 Å². The fourth-order valence-electron chi connectivity index (χ4n) is 4.00. The van der Waals surface area contributed by atoms with E-state index in [2.05, 4.69) is 60.1 Å². The van der Waals surface area contributed by atoms with Crippen LogP contribution in [0.1, 0.15) is 35.3 Å². The summed E-state index contributed by atoms with van der Waals surface area (Å²) in [5.74, 6) is -0.915. The largest absolute Gasteiger partial charge is 0.478 e. The Hall–Kier alpha value is -2.39. The molecular weight excluding hydrogens is 376 g/mol. The maximum Gasteiger partial charge on any atom is 0.336 e. The van der Waals surface area contributed by atoms with Crippen LogP contribution in [0.3, 0.4) is 0 Å². The number of aromatic carboxylic acids is 1. The van der Waals surface area contributed by atoms with Crippen LogP contribution in [0.2, 0.25) is 0 Å². The van der Waals surface area contributed by atoms with Gasteiger partial charge in [0.25, 0.3) is 0 Å². The van der Waals surface area contributed by atoms with Crippen molar-refractivity contribution >= 4 is 21.9 Å². The van der Waals surface area contributed by atoms with Gasteiger partial charge in [0, 0.05) is 9.89 Å². The summed E-state index contributed by atoms with van der Waals surface area (Å²) in [5.41, 5.74) is 6.79. The number of hydrogen-bond acceptors (Lipinski definition) is 1. The van der Waals surface area contributed by atoms with Gasteiger partial charge in [-0.1, -0.05) is 78.3 Å². The molecule has 3 aromatic carbocycles. The van der Waals surface area contributed by atoms with Gasteiger partial charge in [0.1, 0.15) is 0 Å². The fourth-order valence-corrected chi connectivity index (χ4v) is 4.36. The topological polar surface area (TPSA) is 37.3 Å². The standard InChI is InChI=1S/C22H17BrO2/c1-22(2)19-9-4-3-6-15(19)17-8-5-7-16(20(17)22)14-11-10-13(23)12-18(14)21(24)25/h3-12H,1-2H3,(H,24,25). The summed E-state index contributed by atoms with van der Waals surface area (Å²) in [6.45, 7) is 4.42. The first-order chi connectivity index (χ1) is 11.9. The van der Waals surface area contributed by atoms with E-state index < -0.39 is 5.97 Å².